The first kappa shape index (κ1) is 14.5. The van der Waals surface area contributed by atoms with Crippen LogP contribution in [0.25, 0.3) is 0 Å². The first-order chi connectivity index (χ1) is 9.70. The van der Waals surface area contributed by atoms with Crippen LogP contribution in [0, 0.1) is 10.1 Å². The number of nitrogens with one attached hydrogen (secondary N) is 1. The van der Waals surface area contributed by atoms with Gasteiger partial charge in [0.1, 0.15) is 5.03 Å². The number of pyridine rings is 1. The van der Waals surface area contributed by atoms with Crippen LogP contribution in [0.5, 0.6) is 0 Å². The van der Waals surface area contributed by atoms with Gasteiger partial charge in [-0.15, -0.1) is 0 Å². The Kier molecular flexibility index (Phi) is 5.09. The van der Waals surface area contributed by atoms with Gasteiger partial charge in [0.2, 0.25) is 0 Å². The molecule has 1 heterocycles. The van der Waals surface area contributed by atoms with Crippen LogP contribution in [0.2, 0.25) is 0 Å². The molecule has 6 heteroatoms. The second-order valence-corrected chi connectivity index (χ2v) is 5.17. The van der Waals surface area contributed by atoms with Gasteiger partial charge in [-0.1, -0.05) is 36.9 Å². The van der Waals surface area contributed by atoms with Gasteiger partial charge in [0.05, 0.1) is 9.82 Å². The predicted molar refractivity (Wildman–Crippen MR) is 78.8 cm³/mol. The molecule has 5 nitrogen and oxygen atoms in total. The largest absolute Gasteiger partial charge is 0.313 e. The molecule has 20 heavy (non-hydrogen) atoms. The van der Waals surface area contributed by atoms with Crippen molar-refractivity contribution in [2.75, 3.05) is 6.54 Å². The Hall–Kier alpha value is -1.92. The Morgan fingerprint density at radius 1 is 1.30 bits per heavy atom. The SMILES string of the molecule is CCNCc1ccc(Sc2ccccc2[N+](=O)[O-])nc1. The van der Waals surface area contributed by atoms with Crippen LogP contribution < -0.4 is 5.32 Å². The number of nitro groups is 1. The fourth-order valence-corrected chi connectivity index (χ4v) is 2.51. The Bertz CT molecular complexity index is 587. The fourth-order valence-electron chi connectivity index (χ4n) is 1.65. The van der Waals surface area contributed by atoms with Crippen LogP contribution in [0.3, 0.4) is 0 Å². The van der Waals surface area contributed by atoms with Gasteiger partial charge in [-0.2, -0.15) is 0 Å². The first-order valence-electron chi connectivity index (χ1n) is 6.27. The summed E-state index contributed by atoms with van der Waals surface area (Å²) in [4.78, 5) is 15.5. The fraction of sp³-hybridized carbons (Fsp3) is 0.214. The van der Waals surface area contributed by atoms with Crippen molar-refractivity contribution < 1.29 is 4.92 Å². The van der Waals surface area contributed by atoms with E-state index in [0.717, 1.165) is 23.7 Å². The normalized spacial score (nSPS) is 10.4. The molecule has 104 valence electrons. The highest BCUT2D eigenvalue weighted by Gasteiger charge is 2.13. The van der Waals surface area contributed by atoms with Crippen LogP contribution in [0.1, 0.15) is 12.5 Å². The van der Waals surface area contributed by atoms with Gasteiger partial charge in [-0.3, -0.25) is 10.1 Å². The molecule has 0 bridgehead atoms. The monoisotopic (exact) mass is 289 g/mol. The molecule has 1 aromatic heterocycles. The van der Waals surface area contributed by atoms with E-state index in [-0.39, 0.29) is 10.6 Å². The Morgan fingerprint density at radius 3 is 2.75 bits per heavy atom. The molecule has 2 rings (SSSR count). The van der Waals surface area contributed by atoms with Crippen LogP contribution in [-0.4, -0.2) is 16.5 Å². The van der Waals surface area contributed by atoms with Gasteiger partial charge < -0.3 is 5.32 Å². The maximum Gasteiger partial charge on any atom is 0.283 e. The number of para-hydroxylation sites is 1. The zero-order chi connectivity index (χ0) is 14.4. The zero-order valence-corrected chi connectivity index (χ0v) is 11.9. The smallest absolute Gasteiger partial charge is 0.283 e. The highest BCUT2D eigenvalue weighted by Crippen LogP contribution is 2.33. The second kappa shape index (κ2) is 7.02. The molecule has 0 aliphatic carbocycles. The lowest BCUT2D eigenvalue weighted by Crippen LogP contribution is -2.11. The van der Waals surface area contributed by atoms with Crippen molar-refractivity contribution in [3.63, 3.8) is 0 Å². The summed E-state index contributed by atoms with van der Waals surface area (Å²) in [6.45, 7) is 3.73. The van der Waals surface area contributed by atoms with Crippen molar-refractivity contribution in [3.05, 3.63) is 58.3 Å². The second-order valence-electron chi connectivity index (χ2n) is 4.11. The van der Waals surface area contributed by atoms with Crippen LogP contribution in [-0.2, 0) is 6.54 Å². The molecule has 2 aromatic rings. The number of benzene rings is 1. The lowest BCUT2D eigenvalue weighted by molar-refractivity contribution is -0.387. The molecule has 0 spiro atoms. The van der Waals surface area contributed by atoms with E-state index in [1.54, 1.807) is 24.4 Å². The van der Waals surface area contributed by atoms with Gasteiger partial charge in [0, 0.05) is 18.8 Å². The van der Waals surface area contributed by atoms with Crippen molar-refractivity contribution in [2.45, 2.75) is 23.4 Å². The van der Waals surface area contributed by atoms with Gasteiger partial charge in [0.25, 0.3) is 5.69 Å². The van der Waals surface area contributed by atoms with E-state index in [9.17, 15) is 10.1 Å². The van der Waals surface area contributed by atoms with Crippen molar-refractivity contribution in [2.24, 2.45) is 0 Å². The highest BCUT2D eigenvalue weighted by molar-refractivity contribution is 7.99. The summed E-state index contributed by atoms with van der Waals surface area (Å²) >= 11 is 1.30. The first-order valence-corrected chi connectivity index (χ1v) is 7.09. The van der Waals surface area contributed by atoms with Crippen LogP contribution >= 0.6 is 11.8 Å². The Labute approximate surface area is 121 Å². The van der Waals surface area contributed by atoms with Crippen molar-refractivity contribution >= 4 is 17.4 Å². The van der Waals surface area contributed by atoms with Crippen LogP contribution in [0.4, 0.5) is 5.69 Å². The summed E-state index contributed by atoms with van der Waals surface area (Å²) in [5.74, 6) is 0. The molecule has 0 amide bonds. The third-order valence-corrected chi connectivity index (χ3v) is 3.67. The van der Waals surface area contributed by atoms with E-state index in [2.05, 4.69) is 10.3 Å². The van der Waals surface area contributed by atoms with E-state index in [4.69, 9.17) is 0 Å². The lowest BCUT2D eigenvalue weighted by Gasteiger charge is -2.04. The predicted octanol–water partition coefficient (Wildman–Crippen LogP) is 3.25. The molecular weight excluding hydrogens is 274 g/mol. The zero-order valence-electron chi connectivity index (χ0n) is 11.1. The van der Waals surface area contributed by atoms with E-state index >= 15 is 0 Å². The molecule has 0 saturated heterocycles. The molecular formula is C14H15N3O2S. The quantitative estimate of drug-likeness (QED) is 0.653. The standard InChI is InChI=1S/C14H15N3O2S/c1-2-15-9-11-7-8-14(16-10-11)20-13-6-4-3-5-12(13)17(18)19/h3-8,10,15H,2,9H2,1H3. The number of nitrogens with zero attached hydrogens (tertiary/aromatic N) is 2. The minimum Gasteiger partial charge on any atom is -0.313 e. The summed E-state index contributed by atoms with van der Waals surface area (Å²) in [5, 5.41) is 14.9. The molecule has 0 radical (unpaired) electrons. The average Bonchev–Trinajstić information content (AvgIpc) is 2.47. The third kappa shape index (κ3) is 3.79. The molecule has 0 atom stereocenters. The van der Waals surface area contributed by atoms with E-state index in [0.29, 0.717) is 4.90 Å². The summed E-state index contributed by atoms with van der Waals surface area (Å²) in [6.07, 6.45) is 1.79. The van der Waals surface area contributed by atoms with Gasteiger partial charge in [-0.05, 0) is 24.2 Å². The molecule has 1 N–H and O–H groups in total. The summed E-state index contributed by atoms with van der Waals surface area (Å²) in [7, 11) is 0. The molecule has 0 saturated carbocycles. The number of nitro benzene ring substituents is 1. The number of rotatable bonds is 6. The minimum atomic E-state index is -0.373. The molecule has 0 fully saturated rings. The maximum atomic E-state index is 10.9. The molecule has 0 aliphatic rings. The molecule has 0 aliphatic heterocycles. The van der Waals surface area contributed by atoms with Gasteiger partial charge in [-0.25, -0.2) is 4.98 Å². The van der Waals surface area contributed by atoms with Gasteiger partial charge in [0.15, 0.2) is 0 Å². The Balaban J connectivity index is 2.12. The van der Waals surface area contributed by atoms with Crippen molar-refractivity contribution in [1.29, 1.82) is 0 Å². The maximum absolute atomic E-state index is 10.9. The topological polar surface area (TPSA) is 68.1 Å². The minimum absolute atomic E-state index is 0.107. The average molecular weight is 289 g/mol. The number of hydrogen-bond donors (Lipinski definition) is 1. The summed E-state index contributed by atoms with van der Waals surface area (Å²) in [6, 6.07) is 10.5. The van der Waals surface area contributed by atoms with E-state index < -0.39 is 0 Å². The van der Waals surface area contributed by atoms with Crippen molar-refractivity contribution in [3.8, 4) is 0 Å². The van der Waals surface area contributed by atoms with Crippen LogP contribution in [0.15, 0.2) is 52.5 Å². The van der Waals surface area contributed by atoms with E-state index in [1.165, 1.54) is 17.8 Å². The lowest BCUT2D eigenvalue weighted by atomic mass is 10.3. The van der Waals surface area contributed by atoms with Gasteiger partial charge >= 0.3 is 0 Å². The third-order valence-electron chi connectivity index (χ3n) is 2.65. The molecule has 0 unspecified atom stereocenters. The summed E-state index contributed by atoms with van der Waals surface area (Å²) in [5.41, 5.74) is 1.20. The van der Waals surface area contributed by atoms with E-state index in [1.807, 2.05) is 19.1 Å². The van der Waals surface area contributed by atoms with Crippen molar-refractivity contribution in [1.82, 2.24) is 10.3 Å². The molecule has 1 aromatic carbocycles. The summed E-state index contributed by atoms with van der Waals surface area (Å²) < 4.78 is 0. The number of aromatic nitrogens is 1. The highest BCUT2D eigenvalue weighted by atomic mass is 32.2. The Morgan fingerprint density at radius 2 is 2.10 bits per heavy atom. The number of hydrogen-bond acceptors (Lipinski definition) is 5.